The molecule has 0 bridgehead atoms. The van der Waals surface area contributed by atoms with E-state index in [1.165, 1.54) is 0 Å². The van der Waals surface area contributed by atoms with Crippen LogP contribution in [0.25, 0.3) is 0 Å². The van der Waals surface area contributed by atoms with Crippen LogP contribution in [0.15, 0.2) is 72.8 Å². The molecule has 5 nitrogen and oxygen atoms in total. The van der Waals surface area contributed by atoms with Crippen LogP contribution in [0.3, 0.4) is 0 Å². The first-order chi connectivity index (χ1) is 17.2. The van der Waals surface area contributed by atoms with Gasteiger partial charge in [0.25, 0.3) is 0 Å². The molecule has 1 unspecified atom stereocenters. The molecule has 0 fully saturated rings. The largest absolute Gasteiger partial charge is 0.471 e. The summed E-state index contributed by atoms with van der Waals surface area (Å²) < 4.78 is 24.6. The molecule has 3 rings (SSSR count). The fraction of sp³-hybridized carbons (Fsp3) is 0.400. The molecule has 0 amide bonds. The molecule has 7 heteroatoms. The number of benzene rings is 3. The summed E-state index contributed by atoms with van der Waals surface area (Å²) in [6, 6.07) is 23.3. The van der Waals surface area contributed by atoms with Crippen molar-refractivity contribution in [2.24, 2.45) is 0 Å². The van der Waals surface area contributed by atoms with E-state index in [-0.39, 0.29) is 16.2 Å². The van der Waals surface area contributed by atoms with Gasteiger partial charge in [0.2, 0.25) is 0 Å². The predicted molar refractivity (Wildman–Crippen MR) is 154 cm³/mol. The van der Waals surface area contributed by atoms with Gasteiger partial charge in [0.1, 0.15) is 17.2 Å². The van der Waals surface area contributed by atoms with Gasteiger partial charge in [-0.2, -0.15) is 0 Å². The number of hydrogen-bond donors (Lipinski definition) is 1. The Bertz CT molecular complexity index is 1120. The lowest BCUT2D eigenvalue weighted by atomic mass is 9.86. The Balaban J connectivity index is 1.93. The fourth-order valence-corrected chi connectivity index (χ4v) is 5.73. The third-order valence-corrected chi connectivity index (χ3v) is 7.88. The predicted octanol–water partition coefficient (Wildman–Crippen LogP) is 9.58. The zero-order valence-electron chi connectivity index (χ0n) is 23.4. The Morgan fingerprint density at radius 3 is 1.11 bits per heavy atom. The molecule has 37 heavy (non-hydrogen) atoms. The highest BCUT2D eigenvalue weighted by atomic mass is 31.2. The zero-order valence-corrected chi connectivity index (χ0v) is 25.2. The lowest BCUT2D eigenvalue weighted by Gasteiger charge is -2.28. The van der Waals surface area contributed by atoms with E-state index in [1.807, 2.05) is 72.8 Å². The van der Waals surface area contributed by atoms with E-state index in [1.54, 1.807) is 0 Å². The van der Waals surface area contributed by atoms with E-state index >= 15 is 0 Å². The second kappa shape index (κ2) is 11.7. The van der Waals surface area contributed by atoms with Crippen molar-refractivity contribution < 1.29 is 22.8 Å². The standard InChI is InChI=1S/C30H40O5P2/c1-28(2,3)22-16-10-13-19-25(22)32-36(31)35-37(33-26-20-14-11-17-23(26)29(4,5)6)34-27-21-15-12-18-24(27)30(7,8)9/h10-21,31H,1-9H3. The number of para-hydroxylation sites is 3. The summed E-state index contributed by atoms with van der Waals surface area (Å²) in [5.74, 6) is 1.87. The van der Waals surface area contributed by atoms with Gasteiger partial charge in [-0.15, -0.1) is 0 Å². The first-order valence-corrected chi connectivity index (χ1v) is 14.7. The second-order valence-electron chi connectivity index (χ2n) is 12.1. The molecule has 3 aromatic carbocycles. The highest BCUT2D eigenvalue weighted by molar-refractivity contribution is 7.55. The van der Waals surface area contributed by atoms with E-state index in [0.717, 1.165) is 16.7 Å². The van der Waals surface area contributed by atoms with Crippen LogP contribution in [0.2, 0.25) is 0 Å². The molecular weight excluding hydrogens is 502 g/mol. The summed E-state index contributed by atoms with van der Waals surface area (Å²) in [5, 5.41) is 0. The van der Waals surface area contributed by atoms with Gasteiger partial charge in [-0.3, -0.25) is 0 Å². The van der Waals surface area contributed by atoms with Crippen LogP contribution in [0, 0.1) is 0 Å². The van der Waals surface area contributed by atoms with Crippen molar-refractivity contribution in [2.75, 3.05) is 0 Å². The Labute approximate surface area is 225 Å². The molecular formula is C30H40O5P2. The summed E-state index contributed by atoms with van der Waals surface area (Å²) in [6.45, 7) is 19.0. The van der Waals surface area contributed by atoms with Crippen LogP contribution in [0.1, 0.15) is 79.0 Å². The quantitative estimate of drug-likeness (QED) is 0.287. The minimum atomic E-state index is -2.35. The number of rotatable bonds is 8. The van der Waals surface area contributed by atoms with Gasteiger partial charge in [0.15, 0.2) is 0 Å². The molecule has 0 aliphatic rings. The average Bonchev–Trinajstić information content (AvgIpc) is 2.78. The van der Waals surface area contributed by atoms with Crippen molar-refractivity contribution >= 4 is 17.2 Å². The fourth-order valence-electron chi connectivity index (χ4n) is 3.87. The lowest BCUT2D eigenvalue weighted by molar-refractivity contribution is 0.331. The second-order valence-corrected chi connectivity index (χ2v) is 14.2. The van der Waals surface area contributed by atoms with Gasteiger partial charge in [0.05, 0.1) is 0 Å². The van der Waals surface area contributed by atoms with Crippen LogP contribution in [-0.4, -0.2) is 4.89 Å². The van der Waals surface area contributed by atoms with Crippen molar-refractivity contribution in [2.45, 2.75) is 78.6 Å². The average molecular weight is 543 g/mol. The molecule has 1 N–H and O–H groups in total. The summed E-state index contributed by atoms with van der Waals surface area (Å²) >= 11 is 0. The van der Waals surface area contributed by atoms with Gasteiger partial charge in [-0.25, -0.2) is 4.31 Å². The molecule has 1 atom stereocenters. The maximum Gasteiger partial charge on any atom is 0.471 e. The maximum absolute atomic E-state index is 11.0. The minimum Gasteiger partial charge on any atom is -0.426 e. The van der Waals surface area contributed by atoms with Crippen molar-refractivity contribution in [3.63, 3.8) is 0 Å². The molecule has 3 aromatic rings. The van der Waals surface area contributed by atoms with Gasteiger partial charge < -0.3 is 18.5 Å². The maximum atomic E-state index is 11.0. The first kappa shape index (κ1) is 29.4. The lowest BCUT2D eigenvalue weighted by Crippen LogP contribution is -2.15. The highest BCUT2D eigenvalue weighted by Crippen LogP contribution is 2.55. The summed E-state index contributed by atoms with van der Waals surface area (Å²) in [4.78, 5) is 11.0. The molecule has 0 saturated carbocycles. The molecule has 0 spiro atoms. The monoisotopic (exact) mass is 542 g/mol. The summed E-state index contributed by atoms with van der Waals surface area (Å²) in [6.07, 6.45) is 0. The summed E-state index contributed by atoms with van der Waals surface area (Å²) in [5.41, 5.74) is 2.52. The molecule has 0 heterocycles. The Morgan fingerprint density at radius 2 is 0.784 bits per heavy atom. The summed E-state index contributed by atoms with van der Waals surface area (Å²) in [7, 11) is -4.41. The third-order valence-electron chi connectivity index (χ3n) is 5.74. The van der Waals surface area contributed by atoms with Crippen molar-refractivity contribution in [3.8, 4) is 17.2 Å². The SMILES string of the molecule is CC(C)(C)c1ccccc1OP(O)OP(Oc1ccccc1C(C)(C)C)Oc1ccccc1C(C)(C)C. The van der Waals surface area contributed by atoms with Crippen LogP contribution < -0.4 is 13.6 Å². The van der Waals surface area contributed by atoms with E-state index in [9.17, 15) is 4.89 Å². The van der Waals surface area contributed by atoms with Crippen molar-refractivity contribution in [1.82, 2.24) is 0 Å². The van der Waals surface area contributed by atoms with Gasteiger partial charge >= 0.3 is 17.2 Å². The topological polar surface area (TPSA) is 57.2 Å². The molecule has 200 valence electrons. The normalized spacial score (nSPS) is 13.4. The van der Waals surface area contributed by atoms with Gasteiger partial charge in [-0.05, 0) is 40.0 Å². The number of hydrogen-bond acceptors (Lipinski definition) is 5. The van der Waals surface area contributed by atoms with Crippen LogP contribution in [-0.2, 0) is 20.6 Å². The first-order valence-electron chi connectivity index (χ1n) is 12.5. The molecule has 0 aliphatic carbocycles. The molecule has 0 aliphatic heterocycles. The van der Waals surface area contributed by atoms with E-state index < -0.39 is 17.2 Å². The zero-order chi connectivity index (χ0) is 27.4. The minimum absolute atomic E-state index is 0.160. The molecule has 0 aromatic heterocycles. The smallest absolute Gasteiger partial charge is 0.426 e. The Kier molecular flexibility index (Phi) is 9.30. The van der Waals surface area contributed by atoms with E-state index in [0.29, 0.717) is 17.2 Å². The Morgan fingerprint density at radius 1 is 0.486 bits per heavy atom. The van der Waals surface area contributed by atoms with Crippen LogP contribution in [0.4, 0.5) is 0 Å². The molecule has 0 radical (unpaired) electrons. The van der Waals surface area contributed by atoms with E-state index in [4.69, 9.17) is 17.9 Å². The molecule has 0 saturated heterocycles. The van der Waals surface area contributed by atoms with Crippen LogP contribution >= 0.6 is 17.2 Å². The van der Waals surface area contributed by atoms with E-state index in [2.05, 4.69) is 62.3 Å². The van der Waals surface area contributed by atoms with Gasteiger partial charge in [-0.1, -0.05) is 117 Å². The Hall–Kier alpha value is -2.16. The van der Waals surface area contributed by atoms with Crippen molar-refractivity contribution in [3.05, 3.63) is 89.5 Å². The highest BCUT2D eigenvalue weighted by Gasteiger charge is 2.31. The third kappa shape index (κ3) is 8.16. The van der Waals surface area contributed by atoms with Crippen LogP contribution in [0.5, 0.6) is 17.2 Å². The van der Waals surface area contributed by atoms with Crippen molar-refractivity contribution in [1.29, 1.82) is 0 Å². The van der Waals surface area contributed by atoms with Gasteiger partial charge in [0, 0.05) is 11.1 Å².